The molecule has 0 aromatic carbocycles. The van der Waals surface area contributed by atoms with Crippen molar-refractivity contribution in [3.63, 3.8) is 0 Å². The number of aryl methyl sites for hydroxylation is 1. The minimum absolute atomic E-state index is 0.654. The van der Waals surface area contributed by atoms with E-state index in [1.165, 1.54) is 22.6 Å². The zero-order valence-corrected chi connectivity index (χ0v) is 10.0. The van der Waals surface area contributed by atoms with Gasteiger partial charge in [0.15, 0.2) is 5.96 Å². The van der Waals surface area contributed by atoms with Gasteiger partial charge in [-0.15, -0.1) is 11.3 Å². The van der Waals surface area contributed by atoms with Crippen molar-refractivity contribution in [3.8, 4) is 0 Å². The van der Waals surface area contributed by atoms with E-state index < -0.39 is 0 Å². The molecule has 4 heteroatoms. The monoisotopic (exact) mass is 223 g/mol. The summed E-state index contributed by atoms with van der Waals surface area (Å²) >= 11 is 1.83. The van der Waals surface area contributed by atoms with Crippen LogP contribution >= 0.6 is 11.3 Å². The molecule has 0 bridgehead atoms. The number of hydrogen-bond acceptors (Lipinski definition) is 2. The van der Waals surface area contributed by atoms with E-state index in [0.717, 1.165) is 12.5 Å². The zero-order valence-electron chi connectivity index (χ0n) is 9.21. The standard InChI is InChI=1S/C11H17N3S/c1-8-3-6-10(15-8)7-13-11(12-2)14-9-4-5-9/h3,6,9H,4-5,7H2,1-2H3,(H2,12,13,14). The lowest BCUT2D eigenvalue weighted by Crippen LogP contribution is -2.37. The summed E-state index contributed by atoms with van der Waals surface area (Å²) in [6.45, 7) is 3.00. The fourth-order valence-corrected chi connectivity index (χ4v) is 2.20. The molecule has 0 spiro atoms. The number of thiophene rings is 1. The first-order chi connectivity index (χ1) is 7.28. The van der Waals surface area contributed by atoms with Gasteiger partial charge < -0.3 is 10.6 Å². The van der Waals surface area contributed by atoms with Crippen molar-refractivity contribution in [2.24, 2.45) is 4.99 Å². The third kappa shape index (κ3) is 3.23. The fourth-order valence-electron chi connectivity index (χ4n) is 1.37. The molecular weight excluding hydrogens is 206 g/mol. The summed E-state index contributed by atoms with van der Waals surface area (Å²) in [6.07, 6.45) is 2.55. The second-order valence-corrected chi connectivity index (χ2v) is 5.23. The number of nitrogens with zero attached hydrogens (tertiary/aromatic N) is 1. The van der Waals surface area contributed by atoms with Crippen LogP contribution in [0.3, 0.4) is 0 Å². The molecule has 1 aliphatic carbocycles. The largest absolute Gasteiger partial charge is 0.354 e. The third-order valence-corrected chi connectivity index (χ3v) is 3.37. The SMILES string of the molecule is CN=C(NCc1ccc(C)s1)NC1CC1. The molecule has 0 saturated heterocycles. The Morgan fingerprint density at radius 2 is 2.33 bits per heavy atom. The quantitative estimate of drug-likeness (QED) is 0.606. The van der Waals surface area contributed by atoms with Gasteiger partial charge in [-0.3, -0.25) is 4.99 Å². The molecule has 15 heavy (non-hydrogen) atoms. The molecule has 0 aliphatic heterocycles. The van der Waals surface area contributed by atoms with E-state index >= 15 is 0 Å². The summed E-state index contributed by atoms with van der Waals surface area (Å²) < 4.78 is 0. The molecule has 2 rings (SSSR count). The average Bonchev–Trinajstić information content (AvgIpc) is 2.95. The summed E-state index contributed by atoms with van der Waals surface area (Å²) in [5, 5.41) is 6.68. The Balaban J connectivity index is 1.80. The Morgan fingerprint density at radius 1 is 1.53 bits per heavy atom. The number of hydrogen-bond donors (Lipinski definition) is 2. The maximum atomic E-state index is 4.19. The van der Waals surface area contributed by atoms with Gasteiger partial charge in [0, 0.05) is 22.8 Å². The van der Waals surface area contributed by atoms with E-state index in [0.29, 0.717) is 6.04 Å². The van der Waals surface area contributed by atoms with Crippen LogP contribution < -0.4 is 10.6 Å². The van der Waals surface area contributed by atoms with Gasteiger partial charge in [-0.1, -0.05) is 0 Å². The zero-order chi connectivity index (χ0) is 10.7. The van der Waals surface area contributed by atoms with Crippen molar-refractivity contribution in [2.45, 2.75) is 32.4 Å². The van der Waals surface area contributed by atoms with Gasteiger partial charge in [0.05, 0.1) is 6.54 Å². The second kappa shape index (κ2) is 4.66. The molecule has 1 aromatic rings. The van der Waals surface area contributed by atoms with Crippen molar-refractivity contribution < 1.29 is 0 Å². The molecule has 0 atom stereocenters. The van der Waals surface area contributed by atoms with Crippen LogP contribution in [0, 0.1) is 6.92 Å². The molecule has 0 unspecified atom stereocenters. The second-order valence-electron chi connectivity index (χ2n) is 3.86. The van der Waals surface area contributed by atoms with Crippen molar-refractivity contribution in [3.05, 3.63) is 21.9 Å². The van der Waals surface area contributed by atoms with Crippen LogP contribution in [0.1, 0.15) is 22.6 Å². The predicted molar refractivity (Wildman–Crippen MR) is 65.4 cm³/mol. The van der Waals surface area contributed by atoms with Crippen LogP contribution in [0.25, 0.3) is 0 Å². The van der Waals surface area contributed by atoms with Crippen molar-refractivity contribution >= 4 is 17.3 Å². The van der Waals surface area contributed by atoms with Crippen LogP contribution in [0.4, 0.5) is 0 Å². The lowest BCUT2D eigenvalue weighted by molar-refractivity contribution is 0.811. The summed E-state index contributed by atoms with van der Waals surface area (Å²) in [7, 11) is 1.82. The molecular formula is C11H17N3S. The molecule has 1 aliphatic rings. The summed E-state index contributed by atoms with van der Waals surface area (Å²) in [5.74, 6) is 0.920. The highest BCUT2D eigenvalue weighted by atomic mass is 32.1. The third-order valence-electron chi connectivity index (χ3n) is 2.37. The molecule has 1 aromatic heterocycles. The predicted octanol–water partition coefficient (Wildman–Crippen LogP) is 1.88. The van der Waals surface area contributed by atoms with E-state index in [1.807, 2.05) is 18.4 Å². The minimum atomic E-state index is 0.654. The van der Waals surface area contributed by atoms with E-state index in [1.54, 1.807) is 0 Å². The van der Waals surface area contributed by atoms with E-state index in [2.05, 4.69) is 34.7 Å². The molecule has 1 fully saturated rings. The highest BCUT2D eigenvalue weighted by Crippen LogP contribution is 2.18. The van der Waals surface area contributed by atoms with Gasteiger partial charge in [-0.05, 0) is 31.9 Å². The van der Waals surface area contributed by atoms with Gasteiger partial charge in [0.25, 0.3) is 0 Å². The Labute approximate surface area is 94.6 Å². The molecule has 0 amide bonds. The number of aliphatic imine (C=N–C) groups is 1. The van der Waals surface area contributed by atoms with Crippen LogP contribution in [0.2, 0.25) is 0 Å². The Morgan fingerprint density at radius 3 is 2.87 bits per heavy atom. The highest BCUT2D eigenvalue weighted by Gasteiger charge is 2.21. The van der Waals surface area contributed by atoms with Crippen LogP contribution in [-0.2, 0) is 6.54 Å². The fraction of sp³-hybridized carbons (Fsp3) is 0.545. The van der Waals surface area contributed by atoms with E-state index in [-0.39, 0.29) is 0 Å². The van der Waals surface area contributed by atoms with Crippen LogP contribution in [-0.4, -0.2) is 19.0 Å². The minimum Gasteiger partial charge on any atom is -0.354 e. The maximum Gasteiger partial charge on any atom is 0.191 e. The molecule has 0 radical (unpaired) electrons. The van der Waals surface area contributed by atoms with E-state index in [4.69, 9.17) is 0 Å². The van der Waals surface area contributed by atoms with Crippen molar-refractivity contribution in [1.29, 1.82) is 0 Å². The molecule has 1 saturated carbocycles. The van der Waals surface area contributed by atoms with Gasteiger partial charge in [0.1, 0.15) is 0 Å². The first-order valence-electron chi connectivity index (χ1n) is 5.30. The summed E-state index contributed by atoms with van der Waals surface area (Å²) in [6, 6.07) is 4.97. The molecule has 3 nitrogen and oxygen atoms in total. The Kier molecular flexibility index (Phi) is 3.26. The van der Waals surface area contributed by atoms with Crippen LogP contribution in [0.15, 0.2) is 17.1 Å². The normalized spacial score (nSPS) is 16.5. The Hall–Kier alpha value is -1.03. The van der Waals surface area contributed by atoms with Gasteiger partial charge in [-0.2, -0.15) is 0 Å². The maximum absolute atomic E-state index is 4.19. The smallest absolute Gasteiger partial charge is 0.191 e. The Bertz CT molecular complexity index is 352. The van der Waals surface area contributed by atoms with Gasteiger partial charge in [-0.25, -0.2) is 0 Å². The van der Waals surface area contributed by atoms with Crippen molar-refractivity contribution in [2.75, 3.05) is 7.05 Å². The van der Waals surface area contributed by atoms with E-state index in [9.17, 15) is 0 Å². The van der Waals surface area contributed by atoms with Crippen molar-refractivity contribution in [1.82, 2.24) is 10.6 Å². The molecule has 82 valence electrons. The lowest BCUT2D eigenvalue weighted by Gasteiger charge is -2.09. The van der Waals surface area contributed by atoms with Gasteiger partial charge >= 0.3 is 0 Å². The number of nitrogens with one attached hydrogen (secondary N) is 2. The molecule has 1 heterocycles. The number of rotatable bonds is 3. The highest BCUT2D eigenvalue weighted by molar-refractivity contribution is 7.11. The lowest BCUT2D eigenvalue weighted by atomic mass is 10.4. The number of guanidine groups is 1. The summed E-state index contributed by atoms with van der Waals surface area (Å²) in [5.41, 5.74) is 0. The van der Waals surface area contributed by atoms with Gasteiger partial charge in [0.2, 0.25) is 0 Å². The van der Waals surface area contributed by atoms with Crippen LogP contribution in [0.5, 0.6) is 0 Å². The first kappa shape index (κ1) is 10.5. The average molecular weight is 223 g/mol. The topological polar surface area (TPSA) is 36.4 Å². The first-order valence-corrected chi connectivity index (χ1v) is 6.12. The summed E-state index contributed by atoms with van der Waals surface area (Å²) in [4.78, 5) is 6.90. The molecule has 2 N–H and O–H groups in total.